The van der Waals surface area contributed by atoms with Gasteiger partial charge in [0.2, 0.25) is 5.91 Å². The summed E-state index contributed by atoms with van der Waals surface area (Å²) in [4.78, 5) is 22.7. The van der Waals surface area contributed by atoms with E-state index in [9.17, 15) is 9.90 Å². The van der Waals surface area contributed by atoms with E-state index in [-0.39, 0.29) is 12.5 Å². The third-order valence-electron chi connectivity index (χ3n) is 3.15. The monoisotopic (exact) mass is 282 g/mol. The number of anilines is 1. The number of pyridine rings is 2. The number of carbonyl (C=O) groups is 1. The van der Waals surface area contributed by atoms with Gasteiger partial charge in [0.15, 0.2) is 0 Å². The summed E-state index contributed by atoms with van der Waals surface area (Å²) in [6, 6.07) is 7.30. The standard InChI is InChI=1S/C15H14N4O2/c1-9(21)18-14-6-10(2-5-17-14)12-7-13-15(19-12)11(8-20)3-4-16-13/h2-7,19-20H,8H2,1H3,(H,17,18,21). The molecule has 0 aliphatic heterocycles. The predicted molar refractivity (Wildman–Crippen MR) is 79.6 cm³/mol. The molecule has 21 heavy (non-hydrogen) atoms. The first-order chi connectivity index (χ1) is 10.2. The Morgan fingerprint density at radius 3 is 2.86 bits per heavy atom. The first kappa shape index (κ1) is 13.3. The van der Waals surface area contributed by atoms with E-state index in [4.69, 9.17) is 0 Å². The van der Waals surface area contributed by atoms with Gasteiger partial charge in [-0.05, 0) is 24.3 Å². The molecule has 3 N–H and O–H groups in total. The van der Waals surface area contributed by atoms with Gasteiger partial charge in [-0.1, -0.05) is 0 Å². The number of carbonyl (C=O) groups excluding carboxylic acids is 1. The van der Waals surface area contributed by atoms with Gasteiger partial charge in [0.25, 0.3) is 0 Å². The molecule has 0 aromatic carbocycles. The molecule has 0 saturated carbocycles. The lowest BCUT2D eigenvalue weighted by Gasteiger charge is -2.03. The Hall–Kier alpha value is -2.73. The van der Waals surface area contributed by atoms with Crippen molar-refractivity contribution in [2.24, 2.45) is 0 Å². The minimum atomic E-state index is -0.166. The molecule has 3 aromatic rings. The Morgan fingerprint density at radius 2 is 2.10 bits per heavy atom. The smallest absolute Gasteiger partial charge is 0.222 e. The Balaban J connectivity index is 2.06. The van der Waals surface area contributed by atoms with Crippen molar-refractivity contribution in [1.82, 2.24) is 15.0 Å². The van der Waals surface area contributed by atoms with E-state index in [1.54, 1.807) is 24.5 Å². The Bertz CT molecular complexity index is 810. The molecular formula is C15H14N4O2. The van der Waals surface area contributed by atoms with Crippen molar-refractivity contribution in [3.63, 3.8) is 0 Å². The number of amides is 1. The summed E-state index contributed by atoms with van der Waals surface area (Å²) in [6.45, 7) is 1.39. The first-order valence-corrected chi connectivity index (χ1v) is 6.49. The number of H-pyrrole nitrogens is 1. The van der Waals surface area contributed by atoms with Gasteiger partial charge < -0.3 is 15.4 Å². The van der Waals surface area contributed by atoms with Crippen LogP contribution in [-0.4, -0.2) is 26.0 Å². The van der Waals surface area contributed by atoms with Crippen LogP contribution in [0.4, 0.5) is 5.82 Å². The maximum atomic E-state index is 11.1. The van der Waals surface area contributed by atoms with Crippen molar-refractivity contribution in [2.75, 3.05) is 5.32 Å². The van der Waals surface area contributed by atoms with Gasteiger partial charge in [-0.25, -0.2) is 4.98 Å². The lowest BCUT2D eigenvalue weighted by Crippen LogP contribution is -2.07. The average molecular weight is 282 g/mol. The minimum absolute atomic E-state index is 0.0491. The maximum Gasteiger partial charge on any atom is 0.222 e. The highest BCUT2D eigenvalue weighted by Crippen LogP contribution is 2.26. The molecule has 6 heteroatoms. The van der Waals surface area contributed by atoms with Gasteiger partial charge in [-0.3, -0.25) is 9.78 Å². The number of nitrogens with one attached hydrogen (secondary N) is 2. The second kappa shape index (κ2) is 5.34. The van der Waals surface area contributed by atoms with Crippen molar-refractivity contribution < 1.29 is 9.90 Å². The van der Waals surface area contributed by atoms with Crippen LogP contribution in [0.1, 0.15) is 12.5 Å². The quantitative estimate of drug-likeness (QED) is 0.686. The zero-order chi connectivity index (χ0) is 14.8. The molecule has 6 nitrogen and oxygen atoms in total. The molecule has 3 rings (SSSR count). The van der Waals surface area contributed by atoms with Crippen molar-refractivity contribution in [3.05, 3.63) is 42.2 Å². The maximum absolute atomic E-state index is 11.1. The van der Waals surface area contributed by atoms with Crippen molar-refractivity contribution in [1.29, 1.82) is 0 Å². The van der Waals surface area contributed by atoms with E-state index < -0.39 is 0 Å². The average Bonchev–Trinajstić information content (AvgIpc) is 2.90. The van der Waals surface area contributed by atoms with Crippen LogP contribution in [0.25, 0.3) is 22.3 Å². The van der Waals surface area contributed by atoms with E-state index in [0.29, 0.717) is 5.82 Å². The SMILES string of the molecule is CC(=O)Nc1cc(-c2cc3nccc(CO)c3[nH]2)ccn1. The van der Waals surface area contributed by atoms with Crippen LogP contribution < -0.4 is 5.32 Å². The van der Waals surface area contributed by atoms with Gasteiger partial charge in [0, 0.05) is 36.1 Å². The molecular weight excluding hydrogens is 268 g/mol. The zero-order valence-electron chi connectivity index (χ0n) is 11.4. The summed E-state index contributed by atoms with van der Waals surface area (Å²) < 4.78 is 0. The number of fused-ring (bicyclic) bond motifs is 1. The summed E-state index contributed by atoms with van der Waals surface area (Å²) in [5.41, 5.74) is 4.13. The fourth-order valence-corrected chi connectivity index (χ4v) is 2.22. The zero-order valence-corrected chi connectivity index (χ0v) is 11.4. The molecule has 0 fully saturated rings. The van der Waals surface area contributed by atoms with Gasteiger partial charge in [-0.2, -0.15) is 0 Å². The number of rotatable bonds is 3. The number of hydrogen-bond acceptors (Lipinski definition) is 4. The predicted octanol–water partition coefficient (Wildman–Crippen LogP) is 2.08. The molecule has 1 amide bonds. The highest BCUT2D eigenvalue weighted by Gasteiger charge is 2.08. The van der Waals surface area contributed by atoms with Gasteiger partial charge in [0.1, 0.15) is 5.82 Å². The summed E-state index contributed by atoms with van der Waals surface area (Å²) in [5, 5.41) is 12.0. The molecule has 0 aliphatic carbocycles. The molecule has 3 aromatic heterocycles. The van der Waals surface area contributed by atoms with Crippen LogP contribution in [0.5, 0.6) is 0 Å². The van der Waals surface area contributed by atoms with Gasteiger partial charge in [0.05, 0.1) is 17.6 Å². The van der Waals surface area contributed by atoms with Crippen molar-refractivity contribution in [2.45, 2.75) is 13.5 Å². The molecule has 0 radical (unpaired) electrons. The summed E-state index contributed by atoms with van der Waals surface area (Å²) in [5.74, 6) is 0.328. The third-order valence-corrected chi connectivity index (χ3v) is 3.15. The summed E-state index contributed by atoms with van der Waals surface area (Å²) >= 11 is 0. The van der Waals surface area contributed by atoms with E-state index in [2.05, 4.69) is 20.3 Å². The van der Waals surface area contributed by atoms with Gasteiger partial charge in [-0.15, -0.1) is 0 Å². The van der Waals surface area contributed by atoms with Crippen LogP contribution in [-0.2, 0) is 11.4 Å². The lowest BCUT2D eigenvalue weighted by atomic mass is 10.2. The van der Waals surface area contributed by atoms with E-state index in [1.807, 2.05) is 12.1 Å². The largest absolute Gasteiger partial charge is 0.392 e. The second-order valence-electron chi connectivity index (χ2n) is 4.68. The van der Waals surface area contributed by atoms with Crippen molar-refractivity contribution >= 4 is 22.8 Å². The molecule has 106 valence electrons. The molecule has 0 spiro atoms. The van der Waals surface area contributed by atoms with Crippen LogP contribution in [0.15, 0.2) is 36.7 Å². The number of aromatic nitrogens is 3. The molecule has 0 unspecified atom stereocenters. The fourth-order valence-electron chi connectivity index (χ4n) is 2.22. The Morgan fingerprint density at radius 1 is 1.29 bits per heavy atom. The second-order valence-corrected chi connectivity index (χ2v) is 4.68. The van der Waals surface area contributed by atoms with E-state index >= 15 is 0 Å². The van der Waals surface area contributed by atoms with Crippen LogP contribution in [0.3, 0.4) is 0 Å². The number of aromatic amines is 1. The number of nitrogens with zero attached hydrogens (tertiary/aromatic N) is 2. The first-order valence-electron chi connectivity index (χ1n) is 6.49. The fraction of sp³-hybridized carbons (Fsp3) is 0.133. The molecule has 0 aliphatic rings. The van der Waals surface area contributed by atoms with Crippen molar-refractivity contribution in [3.8, 4) is 11.3 Å². The van der Waals surface area contributed by atoms with Crippen LogP contribution in [0, 0.1) is 0 Å². The Labute approximate surface area is 120 Å². The van der Waals surface area contributed by atoms with E-state index in [0.717, 1.165) is 27.9 Å². The number of hydrogen-bond donors (Lipinski definition) is 3. The highest BCUT2D eigenvalue weighted by atomic mass is 16.3. The topological polar surface area (TPSA) is 90.9 Å². The molecule has 0 bridgehead atoms. The van der Waals surface area contributed by atoms with Crippen LogP contribution in [0.2, 0.25) is 0 Å². The van der Waals surface area contributed by atoms with Crippen LogP contribution >= 0.6 is 0 Å². The molecule has 3 heterocycles. The lowest BCUT2D eigenvalue weighted by molar-refractivity contribution is -0.114. The highest BCUT2D eigenvalue weighted by molar-refractivity contribution is 5.89. The summed E-state index contributed by atoms with van der Waals surface area (Å²) in [6.07, 6.45) is 3.30. The summed E-state index contributed by atoms with van der Waals surface area (Å²) in [7, 11) is 0. The number of aliphatic hydroxyl groups excluding tert-OH is 1. The Kier molecular flexibility index (Phi) is 3.37. The number of aliphatic hydroxyl groups is 1. The van der Waals surface area contributed by atoms with E-state index in [1.165, 1.54) is 6.92 Å². The normalized spacial score (nSPS) is 10.8. The third kappa shape index (κ3) is 2.61. The molecule has 0 atom stereocenters. The minimum Gasteiger partial charge on any atom is -0.392 e. The van der Waals surface area contributed by atoms with Gasteiger partial charge >= 0.3 is 0 Å². The molecule has 0 saturated heterocycles.